The number of likely N-dealkylation sites (N-methyl/N-ethyl adjacent to an activating group) is 1. The topological polar surface area (TPSA) is 52.8 Å². The Kier molecular flexibility index (Phi) is 5.60. The monoisotopic (exact) mass is 268 g/mol. The van der Waals surface area contributed by atoms with E-state index in [0.29, 0.717) is 5.91 Å². The Morgan fingerprint density at radius 3 is 2.21 bits per heavy atom. The molecule has 0 unspecified atom stereocenters. The molecule has 5 heteroatoms. The summed E-state index contributed by atoms with van der Waals surface area (Å²) >= 11 is 0. The van der Waals surface area contributed by atoms with Gasteiger partial charge in [0.2, 0.25) is 5.91 Å². The number of hydrogen-bond donors (Lipinski definition) is 1. The quantitative estimate of drug-likeness (QED) is 0.768. The van der Waals surface area contributed by atoms with E-state index in [0.717, 1.165) is 71.7 Å². The van der Waals surface area contributed by atoms with E-state index in [1.807, 2.05) is 0 Å². The van der Waals surface area contributed by atoms with E-state index in [1.54, 1.807) is 0 Å². The van der Waals surface area contributed by atoms with Crippen LogP contribution in [0.3, 0.4) is 0 Å². The molecule has 2 saturated heterocycles. The first kappa shape index (κ1) is 14.8. The van der Waals surface area contributed by atoms with Crippen LogP contribution < -0.4 is 5.73 Å². The van der Waals surface area contributed by atoms with E-state index in [9.17, 15) is 4.79 Å². The molecule has 0 spiro atoms. The Bertz CT molecular complexity index is 281. The van der Waals surface area contributed by atoms with Crippen molar-refractivity contribution in [3.63, 3.8) is 0 Å². The van der Waals surface area contributed by atoms with Crippen LogP contribution in [0.15, 0.2) is 0 Å². The van der Waals surface area contributed by atoms with Gasteiger partial charge in [0.25, 0.3) is 0 Å². The molecule has 2 heterocycles. The third-order valence-electron chi connectivity index (χ3n) is 4.51. The van der Waals surface area contributed by atoms with E-state index in [-0.39, 0.29) is 5.92 Å². The summed E-state index contributed by atoms with van der Waals surface area (Å²) in [5, 5.41) is 0. The van der Waals surface area contributed by atoms with Crippen LogP contribution in [0.4, 0.5) is 0 Å². The van der Waals surface area contributed by atoms with Crippen LogP contribution in [0.2, 0.25) is 0 Å². The van der Waals surface area contributed by atoms with E-state index in [4.69, 9.17) is 5.73 Å². The molecule has 19 heavy (non-hydrogen) atoms. The second-order valence-electron chi connectivity index (χ2n) is 5.66. The minimum atomic E-state index is 0.252. The molecule has 110 valence electrons. The minimum Gasteiger partial charge on any atom is -0.340 e. The number of nitrogens with zero attached hydrogens (tertiary/aromatic N) is 3. The van der Waals surface area contributed by atoms with Crippen molar-refractivity contribution in [2.24, 2.45) is 11.7 Å². The summed E-state index contributed by atoms with van der Waals surface area (Å²) < 4.78 is 0. The number of nitrogens with two attached hydrogens (primary N) is 1. The van der Waals surface area contributed by atoms with Crippen LogP contribution in [-0.4, -0.2) is 79.5 Å². The normalized spacial score (nSPS) is 23.8. The maximum Gasteiger partial charge on any atom is 0.225 e. The standard InChI is InChI=1S/C14H28N4O/c1-2-16-9-11-18(12-10-16)14(19)13-3-6-17(7-4-13)8-5-15/h13H,2-12,15H2,1H3. The van der Waals surface area contributed by atoms with Gasteiger partial charge < -0.3 is 20.4 Å². The van der Waals surface area contributed by atoms with Crippen LogP contribution in [0.25, 0.3) is 0 Å². The Morgan fingerprint density at radius 1 is 1.05 bits per heavy atom. The number of rotatable bonds is 4. The SMILES string of the molecule is CCN1CCN(C(=O)C2CCN(CCN)CC2)CC1. The maximum atomic E-state index is 12.5. The average molecular weight is 268 g/mol. The zero-order valence-corrected chi connectivity index (χ0v) is 12.2. The van der Waals surface area contributed by atoms with Crippen LogP contribution in [-0.2, 0) is 4.79 Å². The van der Waals surface area contributed by atoms with Crippen molar-refractivity contribution in [2.75, 3.05) is 58.9 Å². The van der Waals surface area contributed by atoms with Gasteiger partial charge in [-0.1, -0.05) is 6.92 Å². The fraction of sp³-hybridized carbons (Fsp3) is 0.929. The fourth-order valence-electron chi connectivity index (χ4n) is 3.13. The number of hydrogen-bond acceptors (Lipinski definition) is 4. The number of piperidine rings is 1. The summed E-state index contributed by atoms with van der Waals surface area (Å²) in [6.07, 6.45) is 2.01. The smallest absolute Gasteiger partial charge is 0.225 e. The zero-order chi connectivity index (χ0) is 13.7. The fourth-order valence-corrected chi connectivity index (χ4v) is 3.13. The van der Waals surface area contributed by atoms with Crippen molar-refractivity contribution in [3.8, 4) is 0 Å². The lowest BCUT2D eigenvalue weighted by molar-refractivity contribution is -0.138. The molecule has 0 aliphatic carbocycles. The number of carbonyl (C=O) groups is 1. The average Bonchev–Trinajstić information content (AvgIpc) is 2.48. The van der Waals surface area contributed by atoms with Crippen molar-refractivity contribution in [1.82, 2.24) is 14.7 Å². The molecule has 2 rings (SSSR count). The molecule has 2 fully saturated rings. The third-order valence-corrected chi connectivity index (χ3v) is 4.51. The number of amides is 1. The summed E-state index contributed by atoms with van der Waals surface area (Å²) in [6, 6.07) is 0. The zero-order valence-electron chi connectivity index (χ0n) is 12.2. The summed E-state index contributed by atoms with van der Waals surface area (Å²) in [6.45, 7) is 10.9. The van der Waals surface area contributed by atoms with Gasteiger partial charge in [-0.2, -0.15) is 0 Å². The molecule has 1 amide bonds. The van der Waals surface area contributed by atoms with Gasteiger partial charge in [-0.15, -0.1) is 0 Å². The van der Waals surface area contributed by atoms with Crippen LogP contribution >= 0.6 is 0 Å². The third kappa shape index (κ3) is 3.91. The highest BCUT2D eigenvalue weighted by Crippen LogP contribution is 2.20. The van der Waals surface area contributed by atoms with Crippen molar-refractivity contribution in [1.29, 1.82) is 0 Å². The predicted molar refractivity (Wildman–Crippen MR) is 76.9 cm³/mol. The van der Waals surface area contributed by atoms with Crippen molar-refractivity contribution >= 4 is 5.91 Å². The molecular formula is C14H28N4O. The van der Waals surface area contributed by atoms with Crippen molar-refractivity contribution < 1.29 is 4.79 Å². The number of piperazine rings is 1. The molecule has 2 aliphatic rings. The molecule has 0 bridgehead atoms. The second-order valence-corrected chi connectivity index (χ2v) is 5.66. The minimum absolute atomic E-state index is 0.252. The molecule has 0 aromatic rings. The van der Waals surface area contributed by atoms with E-state index in [2.05, 4.69) is 21.6 Å². The Labute approximate surface area is 116 Å². The lowest BCUT2D eigenvalue weighted by Gasteiger charge is -2.38. The van der Waals surface area contributed by atoms with E-state index >= 15 is 0 Å². The lowest BCUT2D eigenvalue weighted by atomic mass is 9.95. The maximum absolute atomic E-state index is 12.5. The van der Waals surface area contributed by atoms with Crippen LogP contribution in [0, 0.1) is 5.92 Å². The Balaban J connectivity index is 1.75. The summed E-state index contributed by atoms with van der Waals surface area (Å²) in [5.74, 6) is 0.644. The number of likely N-dealkylation sites (tertiary alicyclic amines) is 1. The van der Waals surface area contributed by atoms with Gasteiger partial charge in [-0.05, 0) is 32.5 Å². The molecule has 0 radical (unpaired) electrons. The number of carbonyl (C=O) groups excluding carboxylic acids is 1. The predicted octanol–water partition coefficient (Wildman–Crippen LogP) is -0.179. The highest BCUT2D eigenvalue weighted by molar-refractivity contribution is 5.79. The van der Waals surface area contributed by atoms with E-state index < -0.39 is 0 Å². The summed E-state index contributed by atoms with van der Waals surface area (Å²) in [4.78, 5) is 19.3. The molecule has 0 saturated carbocycles. The van der Waals surface area contributed by atoms with Gasteiger partial charge in [0.1, 0.15) is 0 Å². The molecule has 0 aromatic carbocycles. The molecular weight excluding hydrogens is 240 g/mol. The molecule has 5 nitrogen and oxygen atoms in total. The van der Waals surface area contributed by atoms with Gasteiger partial charge in [0.05, 0.1) is 0 Å². The van der Waals surface area contributed by atoms with Gasteiger partial charge in [-0.25, -0.2) is 0 Å². The second kappa shape index (κ2) is 7.22. The summed E-state index contributed by atoms with van der Waals surface area (Å²) in [5.41, 5.74) is 5.58. The highest BCUT2D eigenvalue weighted by atomic mass is 16.2. The first-order chi connectivity index (χ1) is 9.24. The summed E-state index contributed by atoms with van der Waals surface area (Å²) in [7, 11) is 0. The molecule has 2 N–H and O–H groups in total. The Hall–Kier alpha value is -0.650. The van der Waals surface area contributed by atoms with Gasteiger partial charge >= 0.3 is 0 Å². The first-order valence-corrected chi connectivity index (χ1v) is 7.68. The molecule has 0 atom stereocenters. The first-order valence-electron chi connectivity index (χ1n) is 7.68. The molecule has 0 aromatic heterocycles. The van der Waals surface area contributed by atoms with Crippen molar-refractivity contribution in [2.45, 2.75) is 19.8 Å². The lowest BCUT2D eigenvalue weighted by Crippen LogP contribution is -2.51. The molecule has 2 aliphatic heterocycles. The van der Waals surface area contributed by atoms with Crippen LogP contribution in [0.5, 0.6) is 0 Å². The van der Waals surface area contributed by atoms with Gasteiger partial charge in [0.15, 0.2) is 0 Å². The Morgan fingerprint density at radius 2 is 1.68 bits per heavy atom. The van der Waals surface area contributed by atoms with Gasteiger partial charge in [0, 0.05) is 45.2 Å². The van der Waals surface area contributed by atoms with Gasteiger partial charge in [-0.3, -0.25) is 4.79 Å². The largest absolute Gasteiger partial charge is 0.340 e. The highest BCUT2D eigenvalue weighted by Gasteiger charge is 2.29. The van der Waals surface area contributed by atoms with Crippen molar-refractivity contribution in [3.05, 3.63) is 0 Å². The van der Waals surface area contributed by atoms with Crippen LogP contribution in [0.1, 0.15) is 19.8 Å². The van der Waals surface area contributed by atoms with E-state index in [1.165, 1.54) is 0 Å².